The van der Waals surface area contributed by atoms with Crippen LogP contribution in [0.2, 0.25) is 0 Å². The number of likely N-dealkylation sites (tertiary alicyclic amines) is 1. The van der Waals surface area contributed by atoms with Gasteiger partial charge in [0.05, 0.1) is 18.4 Å². The van der Waals surface area contributed by atoms with Gasteiger partial charge in [-0.3, -0.25) is 14.7 Å². The van der Waals surface area contributed by atoms with Gasteiger partial charge in [-0.1, -0.05) is 36.4 Å². The number of hydrogen-bond donors (Lipinski definition) is 2. The zero-order valence-electron chi connectivity index (χ0n) is 16.5. The van der Waals surface area contributed by atoms with E-state index >= 15 is 0 Å². The normalized spacial score (nSPS) is 18.4. The molecule has 1 aromatic heterocycles. The number of amides is 2. The van der Waals surface area contributed by atoms with Crippen molar-refractivity contribution < 1.29 is 14.0 Å². The Morgan fingerprint density at radius 2 is 1.87 bits per heavy atom. The molecule has 1 fully saturated rings. The van der Waals surface area contributed by atoms with Gasteiger partial charge in [0.2, 0.25) is 5.91 Å². The second kappa shape index (κ2) is 8.44. The molecule has 0 radical (unpaired) electrons. The number of benzene rings is 2. The lowest BCUT2D eigenvalue weighted by Crippen LogP contribution is -2.40. The van der Waals surface area contributed by atoms with Crippen LogP contribution in [0.25, 0.3) is 0 Å². The highest BCUT2D eigenvalue weighted by Gasteiger charge is 2.39. The van der Waals surface area contributed by atoms with E-state index in [1.165, 1.54) is 6.07 Å². The fourth-order valence-corrected chi connectivity index (χ4v) is 3.70. The van der Waals surface area contributed by atoms with Gasteiger partial charge in [-0.25, -0.2) is 9.37 Å². The number of aryl methyl sites for hydroxylation is 1. The van der Waals surface area contributed by atoms with E-state index in [1.54, 1.807) is 54.3 Å². The zero-order chi connectivity index (χ0) is 21.1. The summed E-state index contributed by atoms with van der Waals surface area (Å²) in [6, 6.07) is 14.8. The minimum atomic E-state index is -0.403. The molecule has 7 nitrogen and oxygen atoms in total. The third-order valence-electron chi connectivity index (χ3n) is 5.27. The van der Waals surface area contributed by atoms with Crippen LogP contribution in [0.15, 0.2) is 54.6 Å². The van der Waals surface area contributed by atoms with Crippen LogP contribution in [0, 0.1) is 12.7 Å². The van der Waals surface area contributed by atoms with Crippen LogP contribution in [-0.2, 0) is 11.2 Å². The van der Waals surface area contributed by atoms with Crippen molar-refractivity contribution >= 4 is 11.8 Å². The lowest BCUT2D eigenvalue weighted by Gasteiger charge is -2.18. The third-order valence-corrected chi connectivity index (χ3v) is 5.27. The number of carbonyl (C=O) groups is 2. The second-order valence-corrected chi connectivity index (χ2v) is 7.40. The highest BCUT2D eigenvalue weighted by atomic mass is 19.1. The zero-order valence-corrected chi connectivity index (χ0v) is 16.5. The first-order valence-corrected chi connectivity index (χ1v) is 9.77. The Morgan fingerprint density at radius 3 is 2.57 bits per heavy atom. The van der Waals surface area contributed by atoms with E-state index in [0.717, 1.165) is 0 Å². The van der Waals surface area contributed by atoms with E-state index in [1.807, 2.05) is 6.07 Å². The summed E-state index contributed by atoms with van der Waals surface area (Å²) in [4.78, 5) is 31.6. The van der Waals surface area contributed by atoms with Crippen LogP contribution < -0.4 is 5.32 Å². The number of H-pyrrole nitrogens is 1. The van der Waals surface area contributed by atoms with Crippen molar-refractivity contribution in [3.8, 4) is 0 Å². The Bertz CT molecular complexity index is 1050. The second-order valence-electron chi connectivity index (χ2n) is 7.40. The van der Waals surface area contributed by atoms with E-state index in [9.17, 15) is 14.0 Å². The molecular formula is C22H22FN5O2. The van der Waals surface area contributed by atoms with Gasteiger partial charge >= 0.3 is 0 Å². The molecule has 2 heterocycles. The SMILES string of the molecule is Cc1nc([C@@H]2CN(C(=O)Cc3ccccc3F)C[C@H]2NC(=O)c2ccccc2)n[nH]1. The Balaban J connectivity index is 1.52. The van der Waals surface area contributed by atoms with Crippen LogP contribution in [0.1, 0.15) is 33.5 Å². The van der Waals surface area contributed by atoms with Crippen molar-refractivity contribution in [2.24, 2.45) is 0 Å². The Labute approximate surface area is 173 Å². The number of halogens is 1. The molecule has 4 rings (SSSR count). The fourth-order valence-electron chi connectivity index (χ4n) is 3.70. The first-order valence-electron chi connectivity index (χ1n) is 9.77. The van der Waals surface area contributed by atoms with Crippen molar-refractivity contribution in [1.82, 2.24) is 25.4 Å². The van der Waals surface area contributed by atoms with Gasteiger partial charge in [-0.2, -0.15) is 5.10 Å². The topological polar surface area (TPSA) is 91.0 Å². The van der Waals surface area contributed by atoms with Crippen molar-refractivity contribution in [2.45, 2.75) is 25.3 Å². The maximum Gasteiger partial charge on any atom is 0.251 e. The largest absolute Gasteiger partial charge is 0.347 e. The van der Waals surface area contributed by atoms with Crippen molar-refractivity contribution in [3.05, 3.63) is 83.2 Å². The molecule has 0 bridgehead atoms. The first-order chi connectivity index (χ1) is 14.5. The maximum atomic E-state index is 14.0. The van der Waals surface area contributed by atoms with Crippen molar-refractivity contribution in [1.29, 1.82) is 0 Å². The first kappa shape index (κ1) is 19.8. The number of aromatic nitrogens is 3. The molecule has 2 amide bonds. The van der Waals surface area contributed by atoms with E-state index in [2.05, 4.69) is 20.5 Å². The highest BCUT2D eigenvalue weighted by Crippen LogP contribution is 2.26. The quantitative estimate of drug-likeness (QED) is 0.679. The van der Waals surface area contributed by atoms with Gasteiger partial charge in [0, 0.05) is 18.7 Å². The summed E-state index contributed by atoms with van der Waals surface area (Å²) in [5, 5.41) is 10.1. The molecule has 8 heteroatoms. The molecule has 30 heavy (non-hydrogen) atoms. The van der Waals surface area contributed by atoms with Gasteiger partial charge in [0.25, 0.3) is 5.91 Å². The van der Waals surface area contributed by atoms with Crippen LogP contribution in [0.3, 0.4) is 0 Å². The van der Waals surface area contributed by atoms with Gasteiger partial charge < -0.3 is 10.2 Å². The summed E-state index contributed by atoms with van der Waals surface area (Å²) in [6.45, 7) is 2.46. The minimum absolute atomic E-state index is 0.0359. The molecule has 0 spiro atoms. The fraction of sp³-hybridized carbons (Fsp3) is 0.273. The maximum absolute atomic E-state index is 14.0. The van der Waals surface area contributed by atoms with Crippen molar-refractivity contribution in [2.75, 3.05) is 13.1 Å². The molecule has 2 N–H and O–H groups in total. The summed E-state index contributed by atoms with van der Waals surface area (Å²) in [5.74, 6) is 0.128. The molecular weight excluding hydrogens is 385 g/mol. The lowest BCUT2D eigenvalue weighted by atomic mass is 10.0. The monoisotopic (exact) mass is 407 g/mol. The highest BCUT2D eigenvalue weighted by molar-refractivity contribution is 5.94. The van der Waals surface area contributed by atoms with E-state index in [0.29, 0.717) is 35.9 Å². The Hall–Kier alpha value is -3.55. The summed E-state index contributed by atoms with van der Waals surface area (Å²) < 4.78 is 14.0. The van der Waals surface area contributed by atoms with Crippen LogP contribution in [0.5, 0.6) is 0 Å². The lowest BCUT2D eigenvalue weighted by molar-refractivity contribution is -0.129. The summed E-state index contributed by atoms with van der Waals surface area (Å²) in [6.07, 6.45) is -0.0359. The van der Waals surface area contributed by atoms with Crippen LogP contribution >= 0.6 is 0 Å². The average Bonchev–Trinajstić information content (AvgIpc) is 3.36. The number of aromatic amines is 1. The Kier molecular flexibility index (Phi) is 5.56. The van der Waals surface area contributed by atoms with E-state index < -0.39 is 5.82 Å². The molecule has 1 aliphatic heterocycles. The van der Waals surface area contributed by atoms with Crippen LogP contribution in [0.4, 0.5) is 4.39 Å². The number of hydrogen-bond acceptors (Lipinski definition) is 4. The minimum Gasteiger partial charge on any atom is -0.347 e. The van der Waals surface area contributed by atoms with Crippen molar-refractivity contribution in [3.63, 3.8) is 0 Å². The number of nitrogens with zero attached hydrogens (tertiary/aromatic N) is 3. The molecule has 0 aliphatic carbocycles. The molecule has 2 atom stereocenters. The predicted octanol–water partition coefficient (Wildman–Crippen LogP) is 2.22. The molecule has 1 saturated heterocycles. The van der Waals surface area contributed by atoms with Crippen LogP contribution in [-0.4, -0.2) is 51.0 Å². The number of nitrogens with one attached hydrogen (secondary N) is 2. The molecule has 2 aromatic carbocycles. The van der Waals surface area contributed by atoms with Gasteiger partial charge in [0.15, 0.2) is 5.82 Å². The summed E-state index contributed by atoms with van der Waals surface area (Å²) in [7, 11) is 0. The predicted molar refractivity (Wildman–Crippen MR) is 108 cm³/mol. The molecule has 3 aromatic rings. The van der Waals surface area contributed by atoms with Gasteiger partial charge in [-0.15, -0.1) is 0 Å². The third kappa shape index (κ3) is 4.22. The standard InChI is InChI=1S/C22H22FN5O2/c1-14-24-21(27-26-14)17-12-28(20(29)11-16-9-5-6-10-18(16)23)13-19(17)25-22(30)15-7-3-2-4-8-15/h2-10,17,19H,11-13H2,1H3,(H,25,30)(H,24,26,27)/t17-,19-/m1/s1. The smallest absolute Gasteiger partial charge is 0.251 e. The van der Waals surface area contributed by atoms with E-state index in [4.69, 9.17) is 0 Å². The van der Waals surface area contributed by atoms with E-state index in [-0.39, 0.29) is 30.2 Å². The molecule has 154 valence electrons. The number of carbonyl (C=O) groups excluding carboxylic acids is 2. The summed E-state index contributed by atoms with van der Waals surface area (Å²) in [5.41, 5.74) is 0.892. The molecule has 1 aliphatic rings. The van der Waals surface area contributed by atoms with Gasteiger partial charge in [0.1, 0.15) is 11.6 Å². The average molecular weight is 407 g/mol. The molecule has 0 saturated carbocycles. The number of rotatable bonds is 5. The summed E-state index contributed by atoms with van der Waals surface area (Å²) >= 11 is 0. The Morgan fingerprint density at radius 1 is 1.13 bits per heavy atom. The molecule has 0 unspecified atom stereocenters. The van der Waals surface area contributed by atoms with Gasteiger partial charge in [-0.05, 0) is 30.7 Å².